The van der Waals surface area contributed by atoms with Crippen molar-refractivity contribution in [3.8, 4) is 17.3 Å². The topological polar surface area (TPSA) is 104 Å². The molecule has 11 heteroatoms. The molecule has 6 heterocycles. The van der Waals surface area contributed by atoms with E-state index in [4.69, 9.17) is 10.5 Å². The normalized spacial score (nSPS) is 21.4. The Bertz CT molecular complexity index is 1610. The van der Waals surface area contributed by atoms with Crippen molar-refractivity contribution in [2.24, 2.45) is 0 Å². The van der Waals surface area contributed by atoms with Crippen LogP contribution < -0.4 is 10.6 Å². The summed E-state index contributed by atoms with van der Waals surface area (Å²) in [7, 11) is 2.11. The van der Waals surface area contributed by atoms with E-state index in [0.29, 0.717) is 29.0 Å². The molecule has 0 bridgehead atoms. The SMILES string of the molecule is CN1CC[C@@H]2[C@H]1CN2c1ncc2c3c(c(-c4ncc(F)c5sc(N)c(C#N)c45)c(F)c2n1)COC3. The number of likely N-dealkylation sites (tertiary alicyclic amines) is 1. The Kier molecular flexibility index (Phi) is 4.34. The Balaban J connectivity index is 1.48. The first kappa shape index (κ1) is 20.9. The first-order valence-corrected chi connectivity index (χ1v) is 12.1. The second-order valence-corrected chi connectivity index (χ2v) is 10.3. The van der Waals surface area contributed by atoms with Gasteiger partial charge in [0, 0.05) is 41.7 Å². The molecule has 3 aliphatic rings. The largest absolute Gasteiger partial charge is 0.389 e. The summed E-state index contributed by atoms with van der Waals surface area (Å²) < 4.78 is 36.8. The number of fused-ring (bicyclic) bond motifs is 5. The first-order valence-electron chi connectivity index (χ1n) is 11.3. The smallest absolute Gasteiger partial charge is 0.226 e. The summed E-state index contributed by atoms with van der Waals surface area (Å²) in [6.07, 6.45) is 3.73. The van der Waals surface area contributed by atoms with Crippen LogP contribution in [0.1, 0.15) is 23.1 Å². The molecule has 0 spiro atoms. The van der Waals surface area contributed by atoms with E-state index in [1.165, 1.54) is 0 Å². The molecule has 2 saturated heterocycles. The summed E-state index contributed by atoms with van der Waals surface area (Å²) in [5.74, 6) is -0.690. The summed E-state index contributed by atoms with van der Waals surface area (Å²) in [4.78, 5) is 17.9. The number of rotatable bonds is 2. The van der Waals surface area contributed by atoms with Crippen molar-refractivity contribution in [3.05, 3.63) is 40.7 Å². The molecule has 7 rings (SSSR count). The summed E-state index contributed by atoms with van der Waals surface area (Å²) in [6.45, 7) is 2.26. The number of anilines is 2. The lowest BCUT2D eigenvalue weighted by molar-refractivity contribution is 0.135. The van der Waals surface area contributed by atoms with Gasteiger partial charge in [0.05, 0.1) is 41.4 Å². The maximum absolute atomic E-state index is 16.4. The lowest BCUT2D eigenvalue weighted by atomic mass is 9.94. The van der Waals surface area contributed by atoms with Crippen LogP contribution >= 0.6 is 11.3 Å². The molecular weight excluding hydrogens is 472 g/mol. The predicted octanol–water partition coefficient (Wildman–Crippen LogP) is 3.56. The van der Waals surface area contributed by atoms with Crippen LogP contribution in [0.15, 0.2) is 12.4 Å². The van der Waals surface area contributed by atoms with Crippen molar-refractivity contribution in [3.63, 3.8) is 0 Å². The molecule has 1 aromatic carbocycles. The van der Waals surface area contributed by atoms with Crippen LogP contribution in [0.2, 0.25) is 0 Å². The number of nitrogen functional groups attached to an aromatic ring is 1. The summed E-state index contributed by atoms with van der Waals surface area (Å²) in [5.41, 5.74) is 8.02. The van der Waals surface area contributed by atoms with Crippen LogP contribution in [0.25, 0.3) is 32.2 Å². The molecule has 0 radical (unpaired) electrons. The van der Waals surface area contributed by atoms with E-state index in [2.05, 4.69) is 31.8 Å². The number of aromatic nitrogens is 3. The molecule has 0 amide bonds. The van der Waals surface area contributed by atoms with Gasteiger partial charge in [0.25, 0.3) is 0 Å². The Labute approximate surface area is 202 Å². The highest BCUT2D eigenvalue weighted by Gasteiger charge is 2.46. The van der Waals surface area contributed by atoms with Crippen molar-refractivity contribution in [1.29, 1.82) is 5.26 Å². The molecule has 2 N–H and O–H groups in total. The van der Waals surface area contributed by atoms with Crippen LogP contribution in [-0.2, 0) is 18.0 Å². The van der Waals surface area contributed by atoms with E-state index in [9.17, 15) is 9.65 Å². The van der Waals surface area contributed by atoms with Gasteiger partial charge in [-0.05, 0) is 24.6 Å². The number of nitriles is 1. The Morgan fingerprint density at radius 2 is 2.03 bits per heavy atom. The lowest BCUT2D eigenvalue weighted by Gasteiger charge is -2.46. The van der Waals surface area contributed by atoms with Crippen molar-refractivity contribution < 1.29 is 13.5 Å². The molecule has 3 aliphatic heterocycles. The first-order chi connectivity index (χ1) is 17.0. The van der Waals surface area contributed by atoms with Crippen LogP contribution in [0.3, 0.4) is 0 Å². The number of benzene rings is 1. The number of thiophene rings is 1. The minimum absolute atomic E-state index is 0.0968. The van der Waals surface area contributed by atoms with Gasteiger partial charge in [-0.2, -0.15) is 5.26 Å². The third-order valence-corrected chi connectivity index (χ3v) is 8.59. The summed E-state index contributed by atoms with van der Waals surface area (Å²) in [5, 5.41) is 10.7. The van der Waals surface area contributed by atoms with Crippen LogP contribution in [0.5, 0.6) is 0 Å². The van der Waals surface area contributed by atoms with E-state index in [-0.39, 0.29) is 50.6 Å². The Morgan fingerprint density at radius 1 is 1.20 bits per heavy atom. The second-order valence-electron chi connectivity index (χ2n) is 9.24. The Hall–Kier alpha value is -3.46. The van der Waals surface area contributed by atoms with Gasteiger partial charge < -0.3 is 15.4 Å². The molecule has 4 aromatic rings. The molecule has 176 valence electrons. The molecule has 3 aromatic heterocycles. The number of pyridine rings is 1. The minimum Gasteiger partial charge on any atom is -0.389 e. The molecule has 0 saturated carbocycles. The van der Waals surface area contributed by atoms with Gasteiger partial charge in [-0.1, -0.05) is 0 Å². The number of likely N-dealkylation sites (N-methyl/N-ethyl adjacent to an activating group) is 1. The minimum atomic E-state index is -0.602. The third kappa shape index (κ3) is 2.73. The van der Waals surface area contributed by atoms with E-state index in [1.807, 2.05) is 6.07 Å². The number of nitrogens with zero attached hydrogens (tertiary/aromatic N) is 6. The summed E-state index contributed by atoms with van der Waals surface area (Å²) in [6, 6.07) is 2.82. The van der Waals surface area contributed by atoms with Gasteiger partial charge in [-0.15, -0.1) is 11.3 Å². The van der Waals surface area contributed by atoms with E-state index < -0.39 is 11.6 Å². The number of ether oxygens (including phenoxy) is 1. The van der Waals surface area contributed by atoms with Crippen molar-refractivity contribution >= 4 is 43.3 Å². The van der Waals surface area contributed by atoms with Crippen LogP contribution in [0.4, 0.5) is 19.7 Å². The molecule has 2 fully saturated rings. The van der Waals surface area contributed by atoms with E-state index in [1.54, 1.807) is 6.20 Å². The van der Waals surface area contributed by atoms with Crippen molar-refractivity contribution in [1.82, 2.24) is 19.9 Å². The molecule has 2 atom stereocenters. The zero-order chi connectivity index (χ0) is 24.0. The van der Waals surface area contributed by atoms with Gasteiger partial charge in [0.15, 0.2) is 11.6 Å². The quantitative estimate of drug-likeness (QED) is 0.454. The highest BCUT2D eigenvalue weighted by atomic mass is 32.1. The fraction of sp³-hybridized carbons (Fsp3) is 0.333. The average Bonchev–Trinajstić information content (AvgIpc) is 3.51. The molecule has 0 unspecified atom stereocenters. The average molecular weight is 492 g/mol. The van der Waals surface area contributed by atoms with Gasteiger partial charge in [-0.3, -0.25) is 9.88 Å². The summed E-state index contributed by atoms with van der Waals surface area (Å²) >= 11 is 0.958. The molecular formula is C24H19F2N7OS. The Morgan fingerprint density at radius 3 is 2.83 bits per heavy atom. The maximum atomic E-state index is 16.4. The van der Waals surface area contributed by atoms with Gasteiger partial charge in [-0.25, -0.2) is 18.7 Å². The van der Waals surface area contributed by atoms with Gasteiger partial charge in [0.1, 0.15) is 16.6 Å². The zero-order valence-electron chi connectivity index (χ0n) is 18.7. The fourth-order valence-corrected chi connectivity index (χ4v) is 6.64. The molecule has 0 aliphatic carbocycles. The molecule has 35 heavy (non-hydrogen) atoms. The number of nitrogens with two attached hydrogens (primary N) is 1. The van der Waals surface area contributed by atoms with Gasteiger partial charge in [0.2, 0.25) is 5.95 Å². The highest BCUT2D eigenvalue weighted by molar-refractivity contribution is 7.23. The lowest BCUT2D eigenvalue weighted by Crippen LogP contribution is -2.61. The number of hydrogen-bond acceptors (Lipinski definition) is 9. The van der Waals surface area contributed by atoms with Crippen molar-refractivity contribution in [2.75, 3.05) is 30.8 Å². The van der Waals surface area contributed by atoms with E-state index >= 15 is 4.39 Å². The fourth-order valence-electron chi connectivity index (χ4n) is 5.72. The zero-order valence-corrected chi connectivity index (χ0v) is 19.5. The standard InChI is InChI=1S/C24H19F2N7OS/c1-32-3-2-15-16(32)7-33(15)24-30-5-11-12-8-34-9-13(12)17(19(26)20(11)31-24)21-18-10(4-27)23(28)35-22(18)14(25)6-29-21/h5-6,15-16H,2-3,7-9,28H2,1H3/t15-,16-/m1/s1. The van der Waals surface area contributed by atoms with Crippen molar-refractivity contribution in [2.45, 2.75) is 31.7 Å². The van der Waals surface area contributed by atoms with Gasteiger partial charge >= 0.3 is 0 Å². The van der Waals surface area contributed by atoms with E-state index in [0.717, 1.165) is 42.6 Å². The highest BCUT2D eigenvalue weighted by Crippen LogP contribution is 2.45. The molecule has 8 nitrogen and oxygen atoms in total. The maximum Gasteiger partial charge on any atom is 0.226 e. The number of halogens is 2. The monoisotopic (exact) mass is 491 g/mol. The second kappa shape index (κ2) is 7.27. The number of hydrogen-bond donors (Lipinski definition) is 1. The predicted molar refractivity (Wildman–Crippen MR) is 128 cm³/mol. The van der Waals surface area contributed by atoms with Crippen LogP contribution in [0, 0.1) is 23.0 Å². The third-order valence-electron chi connectivity index (χ3n) is 7.56. The van der Waals surface area contributed by atoms with Crippen LogP contribution in [-0.4, -0.2) is 52.1 Å².